The molecule has 1 amide bonds. The summed E-state index contributed by atoms with van der Waals surface area (Å²) in [6, 6.07) is 14.9. The molecule has 4 heteroatoms. The number of fused-ring (bicyclic) bond motifs is 1. The number of benzene rings is 2. The minimum absolute atomic E-state index is 0.0222. The third-order valence-corrected chi connectivity index (χ3v) is 4.08. The Morgan fingerprint density at radius 1 is 1.17 bits per heavy atom. The van der Waals surface area contributed by atoms with E-state index < -0.39 is 0 Å². The number of rotatable bonds is 5. The Labute approximate surface area is 135 Å². The summed E-state index contributed by atoms with van der Waals surface area (Å²) >= 11 is 0. The number of H-pyrrole nitrogens is 1. The molecule has 0 saturated heterocycles. The van der Waals surface area contributed by atoms with Gasteiger partial charge < -0.3 is 15.4 Å². The van der Waals surface area contributed by atoms with Gasteiger partial charge in [0.2, 0.25) is 5.91 Å². The second-order valence-corrected chi connectivity index (χ2v) is 5.71. The molecule has 1 atom stereocenters. The smallest absolute Gasteiger partial charge is 0.220 e. The monoisotopic (exact) mass is 308 g/mol. The van der Waals surface area contributed by atoms with Gasteiger partial charge in [0.05, 0.1) is 6.04 Å². The van der Waals surface area contributed by atoms with E-state index in [4.69, 9.17) is 0 Å². The van der Waals surface area contributed by atoms with E-state index >= 15 is 0 Å². The second-order valence-electron chi connectivity index (χ2n) is 5.71. The zero-order valence-corrected chi connectivity index (χ0v) is 13.0. The van der Waals surface area contributed by atoms with Gasteiger partial charge in [0, 0.05) is 29.1 Å². The highest BCUT2D eigenvalue weighted by Crippen LogP contribution is 2.23. The highest BCUT2D eigenvalue weighted by atomic mass is 16.3. The van der Waals surface area contributed by atoms with E-state index in [9.17, 15) is 9.90 Å². The van der Waals surface area contributed by atoms with Crippen molar-refractivity contribution in [2.45, 2.75) is 25.8 Å². The lowest BCUT2D eigenvalue weighted by Crippen LogP contribution is -2.26. The maximum absolute atomic E-state index is 12.2. The van der Waals surface area contributed by atoms with Gasteiger partial charge >= 0.3 is 0 Å². The van der Waals surface area contributed by atoms with Gasteiger partial charge in [0.25, 0.3) is 0 Å². The topological polar surface area (TPSA) is 65.1 Å². The molecule has 0 aliphatic heterocycles. The third kappa shape index (κ3) is 3.37. The summed E-state index contributed by atoms with van der Waals surface area (Å²) in [6.07, 6.45) is 3.06. The average Bonchev–Trinajstić information content (AvgIpc) is 2.96. The van der Waals surface area contributed by atoms with Crippen LogP contribution in [0.3, 0.4) is 0 Å². The fraction of sp³-hybridized carbons (Fsp3) is 0.211. The fourth-order valence-corrected chi connectivity index (χ4v) is 2.83. The molecule has 4 nitrogen and oxygen atoms in total. The van der Waals surface area contributed by atoms with Crippen molar-refractivity contribution >= 4 is 16.8 Å². The molecule has 0 spiro atoms. The number of para-hydroxylation sites is 2. The van der Waals surface area contributed by atoms with Crippen molar-refractivity contribution in [2.75, 3.05) is 0 Å². The quantitative estimate of drug-likeness (QED) is 0.673. The third-order valence-electron chi connectivity index (χ3n) is 4.08. The first-order valence-electron chi connectivity index (χ1n) is 7.77. The minimum atomic E-state index is -0.216. The van der Waals surface area contributed by atoms with Crippen LogP contribution in [0.5, 0.6) is 5.75 Å². The van der Waals surface area contributed by atoms with E-state index in [1.54, 1.807) is 12.1 Å². The van der Waals surface area contributed by atoms with Gasteiger partial charge in [-0.1, -0.05) is 36.4 Å². The molecular weight excluding hydrogens is 288 g/mol. The van der Waals surface area contributed by atoms with Crippen LogP contribution in [-0.4, -0.2) is 16.0 Å². The first kappa shape index (κ1) is 15.2. The van der Waals surface area contributed by atoms with Crippen molar-refractivity contribution in [2.24, 2.45) is 0 Å². The molecule has 0 radical (unpaired) electrons. The van der Waals surface area contributed by atoms with Gasteiger partial charge in [0.15, 0.2) is 0 Å². The van der Waals surface area contributed by atoms with Crippen molar-refractivity contribution in [3.05, 3.63) is 65.9 Å². The molecule has 0 saturated carbocycles. The summed E-state index contributed by atoms with van der Waals surface area (Å²) in [5.41, 5.74) is 2.96. The number of aryl methyl sites for hydroxylation is 1. The average molecular weight is 308 g/mol. The summed E-state index contributed by atoms with van der Waals surface area (Å²) in [5, 5.41) is 13.9. The zero-order chi connectivity index (χ0) is 16.2. The molecule has 0 fully saturated rings. The predicted octanol–water partition coefficient (Wildman–Crippen LogP) is 3.68. The maximum atomic E-state index is 12.2. The standard InChI is InChI=1S/C19H20N2O2/c1-13(15-6-3-5-9-18(15)22)21-19(23)11-10-14-12-20-17-8-4-2-7-16(14)17/h2-9,12-13,20,22H,10-11H2,1H3,(H,21,23). The van der Waals surface area contributed by atoms with Crippen molar-refractivity contribution < 1.29 is 9.90 Å². The molecule has 0 aliphatic carbocycles. The van der Waals surface area contributed by atoms with E-state index in [2.05, 4.69) is 16.4 Å². The largest absolute Gasteiger partial charge is 0.508 e. The van der Waals surface area contributed by atoms with Crippen LogP contribution in [-0.2, 0) is 11.2 Å². The Morgan fingerprint density at radius 3 is 2.74 bits per heavy atom. The Bertz CT molecular complexity index is 823. The maximum Gasteiger partial charge on any atom is 0.220 e. The Kier molecular flexibility index (Phi) is 4.33. The molecule has 3 N–H and O–H groups in total. The number of amides is 1. The number of aromatic amines is 1. The zero-order valence-electron chi connectivity index (χ0n) is 13.0. The number of phenols is 1. The van der Waals surface area contributed by atoms with Crippen LogP contribution in [0.25, 0.3) is 10.9 Å². The first-order chi connectivity index (χ1) is 11.1. The second kappa shape index (κ2) is 6.57. The summed E-state index contributed by atoms with van der Waals surface area (Å²) < 4.78 is 0. The predicted molar refractivity (Wildman–Crippen MR) is 91.3 cm³/mol. The van der Waals surface area contributed by atoms with Crippen LogP contribution in [0.4, 0.5) is 0 Å². The number of phenolic OH excluding ortho intramolecular Hbond substituents is 1. The van der Waals surface area contributed by atoms with Gasteiger partial charge in [-0.05, 0) is 31.0 Å². The summed E-state index contributed by atoms with van der Waals surface area (Å²) in [5.74, 6) is 0.183. The lowest BCUT2D eigenvalue weighted by molar-refractivity contribution is -0.121. The Balaban J connectivity index is 1.61. The molecule has 2 aromatic carbocycles. The lowest BCUT2D eigenvalue weighted by Gasteiger charge is -2.15. The normalized spacial score (nSPS) is 12.2. The van der Waals surface area contributed by atoms with E-state index in [0.29, 0.717) is 12.8 Å². The van der Waals surface area contributed by atoms with Crippen molar-refractivity contribution in [1.29, 1.82) is 0 Å². The van der Waals surface area contributed by atoms with Crippen LogP contribution in [0, 0.1) is 0 Å². The molecule has 1 aromatic heterocycles. The van der Waals surface area contributed by atoms with Crippen LogP contribution in [0.15, 0.2) is 54.7 Å². The van der Waals surface area contributed by atoms with Gasteiger partial charge in [-0.15, -0.1) is 0 Å². The van der Waals surface area contributed by atoms with Crippen LogP contribution in [0.1, 0.15) is 30.5 Å². The summed E-state index contributed by atoms with van der Waals surface area (Å²) in [7, 11) is 0. The Morgan fingerprint density at radius 2 is 1.91 bits per heavy atom. The number of aromatic hydroxyl groups is 1. The highest BCUT2D eigenvalue weighted by Gasteiger charge is 2.13. The van der Waals surface area contributed by atoms with E-state index in [0.717, 1.165) is 22.0 Å². The van der Waals surface area contributed by atoms with E-state index in [1.165, 1.54) is 0 Å². The summed E-state index contributed by atoms with van der Waals surface area (Å²) in [4.78, 5) is 15.4. The minimum Gasteiger partial charge on any atom is -0.508 e. The highest BCUT2D eigenvalue weighted by molar-refractivity contribution is 5.84. The van der Waals surface area contributed by atoms with Crippen molar-refractivity contribution in [3.8, 4) is 5.75 Å². The lowest BCUT2D eigenvalue weighted by atomic mass is 10.1. The fourth-order valence-electron chi connectivity index (χ4n) is 2.83. The van der Waals surface area contributed by atoms with Crippen LogP contribution in [0.2, 0.25) is 0 Å². The number of hydrogen-bond donors (Lipinski definition) is 3. The SMILES string of the molecule is CC(NC(=O)CCc1c[nH]c2ccccc12)c1ccccc1O. The molecule has 23 heavy (non-hydrogen) atoms. The van der Waals surface area contributed by atoms with E-state index in [-0.39, 0.29) is 17.7 Å². The van der Waals surface area contributed by atoms with Crippen molar-refractivity contribution in [1.82, 2.24) is 10.3 Å². The van der Waals surface area contributed by atoms with Crippen LogP contribution < -0.4 is 5.32 Å². The molecule has 3 rings (SSSR count). The van der Waals surface area contributed by atoms with Gasteiger partial charge in [-0.2, -0.15) is 0 Å². The van der Waals surface area contributed by atoms with Crippen LogP contribution >= 0.6 is 0 Å². The molecule has 118 valence electrons. The van der Waals surface area contributed by atoms with Gasteiger partial charge in [0.1, 0.15) is 5.75 Å². The molecule has 0 bridgehead atoms. The van der Waals surface area contributed by atoms with Gasteiger partial charge in [-0.3, -0.25) is 4.79 Å². The molecule has 1 unspecified atom stereocenters. The molecule has 3 aromatic rings. The molecule has 0 aliphatic rings. The number of hydrogen-bond acceptors (Lipinski definition) is 2. The molecule has 1 heterocycles. The number of nitrogens with one attached hydrogen (secondary N) is 2. The van der Waals surface area contributed by atoms with Gasteiger partial charge in [-0.25, -0.2) is 0 Å². The number of aromatic nitrogens is 1. The first-order valence-corrected chi connectivity index (χ1v) is 7.77. The summed E-state index contributed by atoms with van der Waals surface area (Å²) in [6.45, 7) is 1.87. The molecular formula is C19H20N2O2. The van der Waals surface area contributed by atoms with Crippen molar-refractivity contribution in [3.63, 3.8) is 0 Å². The Hall–Kier alpha value is -2.75. The van der Waals surface area contributed by atoms with E-state index in [1.807, 2.05) is 43.5 Å². The number of carbonyl (C=O) groups excluding carboxylic acids is 1. The number of carbonyl (C=O) groups is 1.